The zero-order chi connectivity index (χ0) is 20.3. The topological polar surface area (TPSA) is 79.4 Å². The summed E-state index contributed by atoms with van der Waals surface area (Å²) in [7, 11) is -3.81. The lowest BCUT2D eigenvalue weighted by molar-refractivity contribution is -0.126. The third-order valence-corrected chi connectivity index (χ3v) is 7.69. The smallest absolute Gasteiger partial charge is 0.246 e. The van der Waals surface area contributed by atoms with E-state index in [0.29, 0.717) is 12.8 Å². The molecule has 0 radical (unpaired) electrons. The molecule has 9 heteroatoms. The van der Waals surface area contributed by atoms with Crippen molar-refractivity contribution >= 4 is 39.1 Å². The van der Waals surface area contributed by atoms with Crippen LogP contribution in [0.1, 0.15) is 31.5 Å². The number of benzene rings is 1. The van der Waals surface area contributed by atoms with Gasteiger partial charge in [-0.15, -0.1) is 0 Å². The number of pyridine rings is 1. The van der Waals surface area contributed by atoms with E-state index in [0.717, 1.165) is 5.69 Å². The van der Waals surface area contributed by atoms with Crippen molar-refractivity contribution in [3.8, 4) is 0 Å². The van der Waals surface area contributed by atoms with Crippen molar-refractivity contribution in [2.75, 3.05) is 13.1 Å². The number of nitrogens with one attached hydrogen (secondary N) is 1. The maximum atomic E-state index is 12.9. The van der Waals surface area contributed by atoms with Crippen LogP contribution in [0.15, 0.2) is 47.5 Å². The molecule has 28 heavy (non-hydrogen) atoms. The first kappa shape index (κ1) is 21.0. The Bertz CT molecular complexity index is 926. The number of carbonyl (C=O) groups excluding carboxylic acids is 1. The summed E-state index contributed by atoms with van der Waals surface area (Å²) < 4.78 is 27.2. The van der Waals surface area contributed by atoms with Crippen molar-refractivity contribution in [1.29, 1.82) is 0 Å². The molecule has 1 fully saturated rings. The van der Waals surface area contributed by atoms with E-state index in [9.17, 15) is 13.2 Å². The van der Waals surface area contributed by atoms with Crippen LogP contribution in [0.5, 0.6) is 0 Å². The molecule has 0 bridgehead atoms. The van der Waals surface area contributed by atoms with Crippen LogP contribution in [-0.4, -0.2) is 36.7 Å². The van der Waals surface area contributed by atoms with Crippen LogP contribution in [0.2, 0.25) is 10.0 Å². The van der Waals surface area contributed by atoms with Crippen molar-refractivity contribution in [3.05, 3.63) is 58.3 Å². The maximum Gasteiger partial charge on any atom is 0.246 e. The van der Waals surface area contributed by atoms with E-state index >= 15 is 0 Å². The second-order valence-electron chi connectivity index (χ2n) is 6.71. The van der Waals surface area contributed by atoms with E-state index in [1.807, 2.05) is 25.1 Å². The summed E-state index contributed by atoms with van der Waals surface area (Å²) in [5.41, 5.74) is 0.782. The summed E-state index contributed by atoms with van der Waals surface area (Å²) in [6.07, 6.45) is 2.55. The molecule has 1 atom stereocenters. The van der Waals surface area contributed by atoms with E-state index in [-0.39, 0.29) is 45.9 Å². The number of hydrogen-bond donors (Lipinski definition) is 1. The molecule has 0 saturated carbocycles. The standard InChI is InChI=1S/C19H21Cl2N3O3S/c1-13(17-7-2-3-10-22-17)23-19(25)14-8-11-24(12-9-14)28(26,27)18-15(20)5-4-6-16(18)21/h2-7,10,13-14H,8-9,11-12H2,1H3,(H,23,25)/t13-/m0/s1. The minimum atomic E-state index is -3.81. The minimum absolute atomic E-state index is 0.0787. The molecule has 2 aromatic rings. The molecule has 150 valence electrons. The quantitative estimate of drug-likeness (QED) is 0.767. The molecule has 2 heterocycles. The van der Waals surface area contributed by atoms with Crippen molar-refractivity contribution in [2.45, 2.75) is 30.7 Å². The molecule has 0 aliphatic carbocycles. The van der Waals surface area contributed by atoms with Gasteiger partial charge in [-0.25, -0.2) is 8.42 Å². The number of nitrogens with zero attached hydrogens (tertiary/aromatic N) is 2. The summed E-state index contributed by atoms with van der Waals surface area (Å²) in [6, 6.07) is 9.93. The third-order valence-electron chi connectivity index (χ3n) is 4.83. The molecular formula is C19H21Cl2N3O3S. The Morgan fingerprint density at radius 3 is 2.36 bits per heavy atom. The summed E-state index contributed by atoms with van der Waals surface area (Å²) >= 11 is 12.1. The molecule has 1 aliphatic heterocycles. The highest BCUT2D eigenvalue weighted by molar-refractivity contribution is 7.89. The molecule has 1 saturated heterocycles. The van der Waals surface area contributed by atoms with E-state index < -0.39 is 10.0 Å². The van der Waals surface area contributed by atoms with E-state index in [1.54, 1.807) is 12.3 Å². The highest BCUT2D eigenvalue weighted by Gasteiger charge is 2.34. The Kier molecular flexibility index (Phi) is 6.60. The summed E-state index contributed by atoms with van der Waals surface area (Å²) in [4.78, 5) is 16.7. The lowest BCUT2D eigenvalue weighted by Crippen LogP contribution is -2.43. The predicted octanol–water partition coefficient (Wildman–Crippen LogP) is 3.67. The largest absolute Gasteiger partial charge is 0.348 e. The third kappa shape index (κ3) is 4.49. The Balaban J connectivity index is 1.63. The normalized spacial score (nSPS) is 17.2. The number of hydrogen-bond acceptors (Lipinski definition) is 4. The Morgan fingerprint density at radius 2 is 1.79 bits per heavy atom. The molecule has 0 unspecified atom stereocenters. The average Bonchev–Trinajstić information content (AvgIpc) is 2.68. The van der Waals surface area contributed by atoms with Gasteiger partial charge in [-0.3, -0.25) is 9.78 Å². The van der Waals surface area contributed by atoms with Crippen LogP contribution in [-0.2, 0) is 14.8 Å². The maximum absolute atomic E-state index is 12.9. The molecule has 6 nitrogen and oxygen atoms in total. The molecule has 1 aromatic carbocycles. The average molecular weight is 442 g/mol. The van der Waals surface area contributed by atoms with Crippen molar-refractivity contribution in [1.82, 2.24) is 14.6 Å². The zero-order valence-electron chi connectivity index (χ0n) is 15.3. The van der Waals surface area contributed by atoms with Gasteiger partial charge in [-0.1, -0.05) is 35.3 Å². The van der Waals surface area contributed by atoms with Gasteiger partial charge in [0.15, 0.2) is 0 Å². The van der Waals surface area contributed by atoms with Crippen LogP contribution >= 0.6 is 23.2 Å². The van der Waals surface area contributed by atoms with Gasteiger partial charge in [0.2, 0.25) is 15.9 Å². The van der Waals surface area contributed by atoms with Gasteiger partial charge in [0.1, 0.15) is 4.90 Å². The van der Waals surface area contributed by atoms with E-state index in [1.165, 1.54) is 16.4 Å². The minimum Gasteiger partial charge on any atom is -0.348 e. The SMILES string of the molecule is C[C@H](NC(=O)C1CCN(S(=O)(=O)c2c(Cl)cccc2Cl)CC1)c1ccccn1. The first-order chi connectivity index (χ1) is 13.3. The van der Waals surface area contributed by atoms with E-state index in [4.69, 9.17) is 23.2 Å². The van der Waals surface area contributed by atoms with Gasteiger partial charge in [0.25, 0.3) is 0 Å². The van der Waals surface area contributed by atoms with Crippen molar-refractivity contribution < 1.29 is 13.2 Å². The molecular weight excluding hydrogens is 421 g/mol. The van der Waals surface area contributed by atoms with Gasteiger partial charge in [0.05, 0.1) is 21.8 Å². The number of amides is 1. The number of aromatic nitrogens is 1. The first-order valence-corrected chi connectivity index (χ1v) is 11.2. The fourth-order valence-electron chi connectivity index (χ4n) is 3.25. The number of piperidine rings is 1. The fraction of sp³-hybridized carbons (Fsp3) is 0.368. The molecule has 1 aromatic heterocycles. The number of halogens is 2. The highest BCUT2D eigenvalue weighted by atomic mass is 35.5. The molecule has 1 aliphatic rings. The summed E-state index contributed by atoms with van der Waals surface area (Å²) in [6.45, 7) is 2.35. The monoisotopic (exact) mass is 441 g/mol. The van der Waals surface area contributed by atoms with E-state index in [2.05, 4.69) is 10.3 Å². The molecule has 1 amide bonds. The zero-order valence-corrected chi connectivity index (χ0v) is 17.6. The second kappa shape index (κ2) is 8.78. The Labute approximate surface area is 174 Å². The molecule has 0 spiro atoms. The van der Waals surface area contributed by atoms with Gasteiger partial charge < -0.3 is 5.32 Å². The van der Waals surface area contributed by atoms with Crippen LogP contribution in [0.4, 0.5) is 0 Å². The van der Waals surface area contributed by atoms with Crippen molar-refractivity contribution in [2.24, 2.45) is 5.92 Å². The van der Waals surface area contributed by atoms with Gasteiger partial charge in [-0.05, 0) is 44.0 Å². The summed E-state index contributed by atoms with van der Waals surface area (Å²) in [5, 5.41) is 3.15. The van der Waals surface area contributed by atoms with Crippen LogP contribution in [0.25, 0.3) is 0 Å². The number of carbonyl (C=O) groups is 1. The fourth-order valence-corrected chi connectivity index (χ4v) is 5.81. The van der Waals surface area contributed by atoms with Crippen LogP contribution in [0, 0.1) is 5.92 Å². The number of sulfonamides is 1. The predicted molar refractivity (Wildman–Crippen MR) is 109 cm³/mol. The Morgan fingerprint density at radius 1 is 1.14 bits per heavy atom. The first-order valence-electron chi connectivity index (χ1n) is 8.96. The lowest BCUT2D eigenvalue weighted by Gasteiger charge is -2.31. The highest BCUT2D eigenvalue weighted by Crippen LogP contribution is 2.33. The van der Waals surface area contributed by atoms with Crippen molar-refractivity contribution in [3.63, 3.8) is 0 Å². The summed E-state index contributed by atoms with van der Waals surface area (Å²) in [5.74, 6) is -0.342. The second-order valence-corrected chi connectivity index (χ2v) is 9.40. The van der Waals surface area contributed by atoms with Gasteiger partial charge >= 0.3 is 0 Å². The van der Waals surface area contributed by atoms with Gasteiger partial charge in [-0.2, -0.15) is 4.31 Å². The Hall–Kier alpha value is -1.67. The van der Waals surface area contributed by atoms with Crippen LogP contribution in [0.3, 0.4) is 0 Å². The number of rotatable bonds is 5. The van der Waals surface area contributed by atoms with Crippen LogP contribution < -0.4 is 5.32 Å². The van der Waals surface area contributed by atoms with Gasteiger partial charge in [0, 0.05) is 25.2 Å². The lowest BCUT2D eigenvalue weighted by atomic mass is 9.97. The molecule has 1 N–H and O–H groups in total. The molecule has 3 rings (SSSR count).